The lowest BCUT2D eigenvalue weighted by atomic mass is 10.1. The topological polar surface area (TPSA) is 46.6 Å². The van der Waals surface area contributed by atoms with Gasteiger partial charge in [-0.3, -0.25) is 0 Å². The molecule has 0 amide bonds. The third kappa shape index (κ3) is 3.47. The Balaban J connectivity index is 1.86. The zero-order valence-corrected chi connectivity index (χ0v) is 14.2. The van der Waals surface area contributed by atoms with Gasteiger partial charge in [0.2, 0.25) is 10.0 Å². The zero-order chi connectivity index (χ0) is 16.4. The van der Waals surface area contributed by atoms with E-state index in [1.807, 2.05) is 56.3 Å². The molecule has 23 heavy (non-hydrogen) atoms. The average molecular weight is 331 g/mol. The molecule has 0 N–H and O–H groups in total. The van der Waals surface area contributed by atoms with Crippen LogP contribution in [0.3, 0.4) is 0 Å². The summed E-state index contributed by atoms with van der Waals surface area (Å²) in [5.41, 5.74) is 2.08. The SMILES string of the molecule is CC1CN(S(=O)(=O)c2ccc(-c3ccccc3)cc2)CC(C)O1. The Morgan fingerprint density at radius 1 is 0.870 bits per heavy atom. The van der Waals surface area contributed by atoms with Crippen LogP contribution in [0.2, 0.25) is 0 Å². The van der Waals surface area contributed by atoms with Crippen LogP contribution in [0, 0.1) is 0 Å². The van der Waals surface area contributed by atoms with E-state index >= 15 is 0 Å². The van der Waals surface area contributed by atoms with Crippen molar-refractivity contribution < 1.29 is 13.2 Å². The molecule has 3 rings (SSSR count). The first-order valence-electron chi connectivity index (χ1n) is 7.78. The lowest BCUT2D eigenvalue weighted by Gasteiger charge is -2.34. The Morgan fingerprint density at radius 3 is 1.96 bits per heavy atom. The molecule has 2 aromatic rings. The molecular formula is C18H21NO3S. The van der Waals surface area contributed by atoms with Crippen molar-refractivity contribution in [1.29, 1.82) is 0 Å². The third-order valence-corrected chi connectivity index (χ3v) is 5.83. The van der Waals surface area contributed by atoms with Crippen molar-refractivity contribution in [2.45, 2.75) is 31.0 Å². The quantitative estimate of drug-likeness (QED) is 0.868. The van der Waals surface area contributed by atoms with Gasteiger partial charge >= 0.3 is 0 Å². The van der Waals surface area contributed by atoms with Crippen LogP contribution >= 0.6 is 0 Å². The Hall–Kier alpha value is -1.69. The van der Waals surface area contributed by atoms with E-state index < -0.39 is 10.0 Å². The molecule has 0 aromatic heterocycles. The van der Waals surface area contributed by atoms with Gasteiger partial charge in [0.15, 0.2) is 0 Å². The summed E-state index contributed by atoms with van der Waals surface area (Å²) in [6.07, 6.45) is -0.172. The molecular weight excluding hydrogens is 310 g/mol. The molecule has 5 heteroatoms. The highest BCUT2D eigenvalue weighted by molar-refractivity contribution is 7.89. The molecule has 0 radical (unpaired) electrons. The molecule has 0 bridgehead atoms. The molecule has 2 atom stereocenters. The summed E-state index contributed by atoms with van der Waals surface area (Å²) in [4.78, 5) is 0.332. The van der Waals surface area contributed by atoms with Gasteiger partial charge < -0.3 is 4.74 Å². The predicted molar refractivity (Wildman–Crippen MR) is 90.6 cm³/mol. The van der Waals surface area contributed by atoms with Gasteiger partial charge in [0.05, 0.1) is 17.1 Å². The highest BCUT2D eigenvalue weighted by Crippen LogP contribution is 2.24. The van der Waals surface area contributed by atoms with Gasteiger partial charge in [-0.15, -0.1) is 0 Å². The standard InChI is InChI=1S/C18H21NO3S/c1-14-12-19(13-15(2)22-14)23(20,21)18-10-8-17(9-11-18)16-6-4-3-5-7-16/h3-11,14-15H,12-13H2,1-2H3. The van der Waals surface area contributed by atoms with Crippen molar-refractivity contribution in [3.05, 3.63) is 54.6 Å². The number of morpholine rings is 1. The minimum atomic E-state index is -3.47. The fraction of sp³-hybridized carbons (Fsp3) is 0.333. The molecule has 4 nitrogen and oxygen atoms in total. The molecule has 0 aliphatic carbocycles. The van der Waals surface area contributed by atoms with Crippen molar-refractivity contribution in [3.63, 3.8) is 0 Å². The molecule has 2 unspecified atom stereocenters. The van der Waals surface area contributed by atoms with E-state index in [0.717, 1.165) is 11.1 Å². The maximum Gasteiger partial charge on any atom is 0.243 e. The number of hydrogen-bond acceptors (Lipinski definition) is 3. The van der Waals surface area contributed by atoms with Crippen molar-refractivity contribution in [3.8, 4) is 11.1 Å². The number of benzene rings is 2. The van der Waals surface area contributed by atoms with Gasteiger partial charge in [0.1, 0.15) is 0 Å². The van der Waals surface area contributed by atoms with E-state index in [1.165, 1.54) is 4.31 Å². The van der Waals surface area contributed by atoms with Crippen LogP contribution in [0.4, 0.5) is 0 Å². The van der Waals surface area contributed by atoms with E-state index in [1.54, 1.807) is 12.1 Å². The maximum absolute atomic E-state index is 12.8. The molecule has 0 spiro atoms. The predicted octanol–water partition coefficient (Wildman–Crippen LogP) is 3.15. The molecule has 0 saturated carbocycles. The second-order valence-electron chi connectivity index (χ2n) is 5.97. The van der Waals surface area contributed by atoms with E-state index in [4.69, 9.17) is 4.74 Å². The molecule has 1 heterocycles. The second-order valence-corrected chi connectivity index (χ2v) is 7.91. The lowest BCUT2D eigenvalue weighted by Crippen LogP contribution is -2.48. The van der Waals surface area contributed by atoms with Crippen LogP contribution in [-0.4, -0.2) is 38.0 Å². The molecule has 1 saturated heterocycles. The largest absolute Gasteiger partial charge is 0.373 e. The van der Waals surface area contributed by atoms with Crippen molar-refractivity contribution in [1.82, 2.24) is 4.31 Å². The van der Waals surface area contributed by atoms with Crippen LogP contribution in [0.15, 0.2) is 59.5 Å². The summed E-state index contributed by atoms with van der Waals surface area (Å²) in [5, 5.41) is 0. The molecule has 1 aliphatic rings. The van der Waals surface area contributed by atoms with Gasteiger partial charge in [0, 0.05) is 13.1 Å². The number of rotatable bonds is 3. The normalized spacial score (nSPS) is 22.9. The lowest BCUT2D eigenvalue weighted by molar-refractivity contribution is -0.0440. The highest BCUT2D eigenvalue weighted by Gasteiger charge is 2.32. The van der Waals surface area contributed by atoms with Crippen LogP contribution in [0.1, 0.15) is 13.8 Å². The second kappa shape index (κ2) is 6.43. The number of nitrogens with zero attached hydrogens (tertiary/aromatic N) is 1. The van der Waals surface area contributed by atoms with E-state index in [2.05, 4.69) is 0 Å². The molecule has 1 fully saturated rings. The first-order valence-corrected chi connectivity index (χ1v) is 9.22. The first-order chi connectivity index (χ1) is 11.0. The van der Waals surface area contributed by atoms with Crippen LogP contribution in [-0.2, 0) is 14.8 Å². The van der Waals surface area contributed by atoms with Crippen molar-refractivity contribution in [2.24, 2.45) is 0 Å². The zero-order valence-electron chi connectivity index (χ0n) is 13.3. The van der Waals surface area contributed by atoms with Crippen LogP contribution in [0.5, 0.6) is 0 Å². The van der Waals surface area contributed by atoms with Crippen LogP contribution in [0.25, 0.3) is 11.1 Å². The first kappa shape index (κ1) is 16.2. The van der Waals surface area contributed by atoms with Crippen LogP contribution < -0.4 is 0 Å². The summed E-state index contributed by atoms with van der Waals surface area (Å²) in [6, 6.07) is 17.0. The number of hydrogen-bond donors (Lipinski definition) is 0. The maximum atomic E-state index is 12.8. The van der Waals surface area contributed by atoms with E-state index in [9.17, 15) is 8.42 Å². The summed E-state index contributed by atoms with van der Waals surface area (Å²) >= 11 is 0. The Morgan fingerprint density at radius 2 is 1.39 bits per heavy atom. The van der Waals surface area contributed by atoms with Gasteiger partial charge in [-0.25, -0.2) is 8.42 Å². The van der Waals surface area contributed by atoms with Gasteiger partial charge in [0.25, 0.3) is 0 Å². The molecule has 122 valence electrons. The Kier molecular flexibility index (Phi) is 4.53. The summed E-state index contributed by atoms with van der Waals surface area (Å²) in [5.74, 6) is 0. The number of ether oxygens (including phenoxy) is 1. The van der Waals surface area contributed by atoms with Gasteiger partial charge in [-0.05, 0) is 37.1 Å². The Bertz CT molecular complexity index is 747. The van der Waals surface area contributed by atoms with Crippen molar-refractivity contribution in [2.75, 3.05) is 13.1 Å². The third-order valence-electron chi connectivity index (χ3n) is 3.99. The highest BCUT2D eigenvalue weighted by atomic mass is 32.2. The summed E-state index contributed by atoms with van der Waals surface area (Å²) < 4.78 is 32.7. The van der Waals surface area contributed by atoms with Gasteiger partial charge in [-0.2, -0.15) is 4.31 Å². The van der Waals surface area contributed by atoms with Gasteiger partial charge in [-0.1, -0.05) is 42.5 Å². The Labute approximate surface area is 137 Å². The minimum absolute atomic E-state index is 0.0860. The fourth-order valence-electron chi connectivity index (χ4n) is 2.93. The number of sulfonamides is 1. The molecule has 2 aromatic carbocycles. The molecule has 1 aliphatic heterocycles. The average Bonchev–Trinajstić information content (AvgIpc) is 2.55. The minimum Gasteiger partial charge on any atom is -0.373 e. The summed E-state index contributed by atoms with van der Waals surface area (Å²) in [6.45, 7) is 4.59. The van der Waals surface area contributed by atoms with E-state index in [0.29, 0.717) is 18.0 Å². The van der Waals surface area contributed by atoms with E-state index in [-0.39, 0.29) is 12.2 Å². The monoisotopic (exact) mass is 331 g/mol. The van der Waals surface area contributed by atoms with Crippen molar-refractivity contribution >= 4 is 10.0 Å². The smallest absolute Gasteiger partial charge is 0.243 e. The summed E-state index contributed by atoms with van der Waals surface area (Å²) in [7, 11) is -3.47. The fourth-order valence-corrected chi connectivity index (χ4v) is 4.52.